The predicted molar refractivity (Wildman–Crippen MR) is 81.6 cm³/mol. The monoisotopic (exact) mass is 363 g/mol. The maximum absolute atomic E-state index is 6.23. The summed E-state index contributed by atoms with van der Waals surface area (Å²) in [6.07, 6.45) is 0. The van der Waals surface area contributed by atoms with Crippen LogP contribution in [0.1, 0.15) is 17.2 Å². The number of benzene rings is 2. The van der Waals surface area contributed by atoms with E-state index in [0.717, 1.165) is 15.6 Å². The van der Waals surface area contributed by atoms with E-state index in [1.807, 2.05) is 30.3 Å². The summed E-state index contributed by atoms with van der Waals surface area (Å²) >= 11 is 21.8. The minimum absolute atomic E-state index is 0.416. The third-order valence-electron chi connectivity index (χ3n) is 2.63. The number of halogens is 4. The van der Waals surface area contributed by atoms with Crippen molar-refractivity contribution in [1.29, 1.82) is 0 Å². The van der Waals surface area contributed by atoms with Gasteiger partial charge in [0.15, 0.2) is 0 Å². The zero-order valence-electron chi connectivity index (χ0n) is 9.13. The van der Waals surface area contributed by atoms with Crippen LogP contribution < -0.4 is 5.73 Å². The Morgan fingerprint density at radius 1 is 0.889 bits per heavy atom. The van der Waals surface area contributed by atoms with Crippen LogP contribution in [0.25, 0.3) is 0 Å². The molecule has 2 rings (SSSR count). The average Bonchev–Trinajstić information content (AvgIpc) is 2.35. The van der Waals surface area contributed by atoms with Crippen LogP contribution in [0, 0.1) is 0 Å². The normalized spacial score (nSPS) is 12.5. The van der Waals surface area contributed by atoms with Gasteiger partial charge in [-0.2, -0.15) is 0 Å². The van der Waals surface area contributed by atoms with E-state index in [1.165, 1.54) is 0 Å². The minimum Gasteiger partial charge on any atom is -0.320 e. The van der Waals surface area contributed by atoms with Crippen LogP contribution in [0.15, 0.2) is 40.9 Å². The highest BCUT2D eigenvalue weighted by Gasteiger charge is 2.17. The molecule has 0 aliphatic rings. The maximum Gasteiger partial charge on any atom is 0.0643 e. The first kappa shape index (κ1) is 14.2. The zero-order chi connectivity index (χ0) is 13.3. The van der Waals surface area contributed by atoms with Gasteiger partial charge in [-0.15, -0.1) is 0 Å². The standard InChI is InChI=1S/C13H9BrCl3N/c14-9-5-1-3-7(11(9)16)13(18)8-4-2-6-10(15)12(8)17/h1-6,13H,18H2. The fraction of sp³-hybridized carbons (Fsp3) is 0.0769. The van der Waals surface area contributed by atoms with Crippen LogP contribution in [0.2, 0.25) is 15.1 Å². The topological polar surface area (TPSA) is 26.0 Å². The van der Waals surface area contributed by atoms with Gasteiger partial charge in [-0.05, 0) is 39.2 Å². The summed E-state index contributed by atoms with van der Waals surface area (Å²) in [4.78, 5) is 0. The summed E-state index contributed by atoms with van der Waals surface area (Å²) in [7, 11) is 0. The largest absolute Gasteiger partial charge is 0.320 e. The van der Waals surface area contributed by atoms with E-state index in [4.69, 9.17) is 40.5 Å². The van der Waals surface area contributed by atoms with Gasteiger partial charge in [0.25, 0.3) is 0 Å². The highest BCUT2D eigenvalue weighted by atomic mass is 79.9. The molecule has 2 N–H and O–H groups in total. The highest BCUT2D eigenvalue weighted by Crippen LogP contribution is 2.36. The molecule has 0 fully saturated rings. The quantitative estimate of drug-likeness (QED) is 0.752. The summed E-state index contributed by atoms with van der Waals surface area (Å²) < 4.78 is 0.801. The molecular formula is C13H9BrCl3N. The lowest BCUT2D eigenvalue weighted by Gasteiger charge is -2.16. The molecule has 0 spiro atoms. The molecule has 0 saturated heterocycles. The maximum atomic E-state index is 6.23. The summed E-state index contributed by atoms with van der Waals surface area (Å²) in [5.74, 6) is 0. The van der Waals surface area contributed by atoms with Gasteiger partial charge < -0.3 is 5.73 Å². The number of rotatable bonds is 2. The molecule has 0 bridgehead atoms. The van der Waals surface area contributed by atoms with Crippen LogP contribution in [0.3, 0.4) is 0 Å². The molecule has 0 aliphatic heterocycles. The van der Waals surface area contributed by atoms with Crippen molar-refractivity contribution in [1.82, 2.24) is 0 Å². The summed E-state index contributed by atoms with van der Waals surface area (Å²) in [5.41, 5.74) is 7.76. The molecule has 1 unspecified atom stereocenters. The second kappa shape index (κ2) is 5.81. The average molecular weight is 365 g/mol. The molecule has 18 heavy (non-hydrogen) atoms. The minimum atomic E-state index is -0.416. The van der Waals surface area contributed by atoms with Crippen LogP contribution in [0.4, 0.5) is 0 Å². The van der Waals surface area contributed by atoms with Gasteiger partial charge in [0, 0.05) is 4.47 Å². The second-order valence-corrected chi connectivity index (χ2v) is 5.78. The fourth-order valence-electron chi connectivity index (χ4n) is 1.69. The van der Waals surface area contributed by atoms with Crippen molar-refractivity contribution in [2.75, 3.05) is 0 Å². The smallest absolute Gasteiger partial charge is 0.0643 e. The van der Waals surface area contributed by atoms with Crippen molar-refractivity contribution < 1.29 is 0 Å². The highest BCUT2D eigenvalue weighted by molar-refractivity contribution is 9.10. The predicted octanol–water partition coefficient (Wildman–Crippen LogP) is 5.46. The van der Waals surface area contributed by atoms with Crippen molar-refractivity contribution in [3.63, 3.8) is 0 Å². The van der Waals surface area contributed by atoms with E-state index in [0.29, 0.717) is 15.1 Å². The molecule has 0 aliphatic carbocycles. The van der Waals surface area contributed by atoms with Crippen molar-refractivity contribution in [3.8, 4) is 0 Å². The summed E-state index contributed by atoms with van der Waals surface area (Å²) in [6.45, 7) is 0. The van der Waals surface area contributed by atoms with Gasteiger partial charge in [-0.3, -0.25) is 0 Å². The Morgan fingerprint density at radius 2 is 1.44 bits per heavy atom. The van der Waals surface area contributed by atoms with Crippen LogP contribution in [0.5, 0.6) is 0 Å². The summed E-state index contributed by atoms with van der Waals surface area (Å²) in [5, 5.41) is 1.53. The van der Waals surface area contributed by atoms with Gasteiger partial charge >= 0.3 is 0 Å². The molecule has 0 heterocycles. The Kier molecular flexibility index (Phi) is 4.57. The molecule has 0 amide bonds. The van der Waals surface area contributed by atoms with E-state index in [9.17, 15) is 0 Å². The zero-order valence-corrected chi connectivity index (χ0v) is 13.0. The van der Waals surface area contributed by atoms with E-state index < -0.39 is 6.04 Å². The molecule has 0 saturated carbocycles. The van der Waals surface area contributed by atoms with E-state index in [1.54, 1.807) is 6.07 Å². The first-order valence-electron chi connectivity index (χ1n) is 5.15. The first-order chi connectivity index (χ1) is 8.52. The van der Waals surface area contributed by atoms with Gasteiger partial charge in [-0.25, -0.2) is 0 Å². The summed E-state index contributed by atoms with van der Waals surface area (Å²) in [6, 6.07) is 10.6. The second-order valence-electron chi connectivity index (χ2n) is 3.76. The molecule has 2 aromatic rings. The number of nitrogens with two attached hydrogens (primary N) is 1. The fourth-order valence-corrected chi connectivity index (χ4v) is 2.74. The number of hydrogen-bond donors (Lipinski definition) is 1. The lowest BCUT2D eigenvalue weighted by atomic mass is 9.99. The molecule has 2 aromatic carbocycles. The number of hydrogen-bond acceptors (Lipinski definition) is 1. The lowest BCUT2D eigenvalue weighted by Crippen LogP contribution is -2.13. The van der Waals surface area contributed by atoms with E-state index in [2.05, 4.69) is 15.9 Å². The van der Waals surface area contributed by atoms with Gasteiger partial charge in [0.05, 0.1) is 21.1 Å². The molecule has 1 nitrogen and oxygen atoms in total. The third-order valence-corrected chi connectivity index (χ3v) is 4.78. The molecule has 94 valence electrons. The molecule has 1 atom stereocenters. The Hall–Kier alpha value is -0.250. The van der Waals surface area contributed by atoms with Crippen molar-refractivity contribution in [2.24, 2.45) is 5.73 Å². The molecule has 0 radical (unpaired) electrons. The van der Waals surface area contributed by atoms with Crippen molar-refractivity contribution >= 4 is 50.7 Å². The van der Waals surface area contributed by atoms with Crippen LogP contribution in [-0.4, -0.2) is 0 Å². The first-order valence-corrected chi connectivity index (χ1v) is 7.08. The molecular weight excluding hydrogens is 356 g/mol. The molecule has 0 aromatic heterocycles. The van der Waals surface area contributed by atoms with Crippen LogP contribution in [-0.2, 0) is 0 Å². The van der Waals surface area contributed by atoms with Crippen molar-refractivity contribution in [2.45, 2.75) is 6.04 Å². The van der Waals surface area contributed by atoms with E-state index in [-0.39, 0.29) is 0 Å². The Bertz CT molecular complexity index is 535. The van der Waals surface area contributed by atoms with E-state index >= 15 is 0 Å². The van der Waals surface area contributed by atoms with Gasteiger partial charge in [0.2, 0.25) is 0 Å². The van der Waals surface area contributed by atoms with Gasteiger partial charge in [0.1, 0.15) is 0 Å². The Morgan fingerprint density at radius 3 is 2.11 bits per heavy atom. The van der Waals surface area contributed by atoms with Crippen LogP contribution >= 0.6 is 50.7 Å². The Labute approximate surface area is 129 Å². The van der Waals surface area contributed by atoms with Crippen molar-refractivity contribution in [3.05, 3.63) is 67.1 Å². The van der Waals surface area contributed by atoms with Gasteiger partial charge in [-0.1, -0.05) is 59.1 Å². The third kappa shape index (κ3) is 2.68. The SMILES string of the molecule is NC(c1cccc(Cl)c1Cl)c1cccc(Br)c1Cl. The Balaban J connectivity index is 2.51. The lowest BCUT2D eigenvalue weighted by molar-refractivity contribution is 0.871. The molecule has 5 heteroatoms.